The summed E-state index contributed by atoms with van der Waals surface area (Å²) in [7, 11) is 6.63. The van der Waals surface area contributed by atoms with E-state index in [1.54, 1.807) is 39.8 Å². The molecule has 43 heavy (non-hydrogen) atoms. The summed E-state index contributed by atoms with van der Waals surface area (Å²) in [6, 6.07) is 18.2. The Labute approximate surface area is 278 Å². The molecule has 6 nitrogen and oxygen atoms in total. The van der Waals surface area contributed by atoms with Crippen LogP contribution in [0.4, 0.5) is 0 Å². The number of benzene rings is 3. The van der Waals surface area contributed by atoms with Gasteiger partial charge in [-0.1, -0.05) is 47.8 Å². The number of halogens is 3. The number of hydrogen-bond donors (Lipinski definition) is 0. The number of aryl methyl sites for hydroxylation is 1. The van der Waals surface area contributed by atoms with E-state index >= 15 is 0 Å². The fraction of sp³-hybridized carbons (Fsp3) is 0.364. The van der Waals surface area contributed by atoms with Gasteiger partial charge in [0, 0.05) is 29.6 Å². The van der Waals surface area contributed by atoms with Crippen LogP contribution in [0.2, 0.25) is 10.0 Å². The Morgan fingerprint density at radius 3 is 1.91 bits per heavy atom. The van der Waals surface area contributed by atoms with Gasteiger partial charge >= 0.3 is 0 Å². The lowest BCUT2D eigenvalue weighted by Gasteiger charge is -2.43. The molecule has 3 aromatic carbocycles. The van der Waals surface area contributed by atoms with Gasteiger partial charge in [-0.25, -0.2) is 0 Å². The Morgan fingerprint density at radius 2 is 1.37 bits per heavy atom. The van der Waals surface area contributed by atoms with Gasteiger partial charge in [0.05, 0.1) is 38.5 Å². The second-order valence-electron chi connectivity index (χ2n) is 10.4. The molecule has 0 atom stereocenters. The van der Waals surface area contributed by atoms with Crippen molar-refractivity contribution in [2.75, 3.05) is 35.0 Å². The zero-order valence-corrected chi connectivity index (χ0v) is 28.9. The van der Waals surface area contributed by atoms with E-state index in [0.717, 1.165) is 72.0 Å². The number of nitrogens with zero attached hydrogens (tertiary/aromatic N) is 2. The van der Waals surface area contributed by atoms with E-state index in [1.807, 2.05) is 30.3 Å². The molecule has 0 radical (unpaired) electrons. The monoisotopic (exact) mass is 706 g/mol. The summed E-state index contributed by atoms with van der Waals surface area (Å²) in [6.45, 7) is 1.44. The van der Waals surface area contributed by atoms with Crippen LogP contribution in [0.25, 0.3) is 0 Å². The summed E-state index contributed by atoms with van der Waals surface area (Å²) in [5, 5.41) is 3.45. The SMILES string of the molecule is Br.COc1ccc(CCN=c2scc(C3(c4ccc(Cl)c(Cl)c4)CCC3)n2CCc2ccc(OC)c(OC)c2)cc1OC. The molecule has 0 spiro atoms. The molecule has 0 amide bonds. The minimum absolute atomic E-state index is 0. The maximum absolute atomic E-state index is 6.50. The Bertz CT molecular complexity index is 1620. The largest absolute Gasteiger partial charge is 0.493 e. The molecular weight excluding hydrogens is 671 g/mol. The highest BCUT2D eigenvalue weighted by Crippen LogP contribution is 2.50. The zero-order chi connectivity index (χ0) is 29.7. The molecule has 4 aromatic rings. The van der Waals surface area contributed by atoms with Gasteiger partial charge in [0.1, 0.15) is 0 Å². The van der Waals surface area contributed by atoms with Crippen molar-refractivity contribution < 1.29 is 18.9 Å². The van der Waals surface area contributed by atoms with E-state index in [-0.39, 0.29) is 22.4 Å². The predicted molar refractivity (Wildman–Crippen MR) is 181 cm³/mol. The normalized spacial score (nSPS) is 14.0. The lowest BCUT2D eigenvalue weighted by atomic mass is 9.62. The molecule has 230 valence electrons. The van der Waals surface area contributed by atoms with Gasteiger partial charge in [-0.2, -0.15) is 0 Å². The second kappa shape index (κ2) is 14.9. The van der Waals surface area contributed by atoms with Gasteiger partial charge in [-0.15, -0.1) is 28.3 Å². The lowest BCUT2D eigenvalue weighted by molar-refractivity contribution is 0.282. The third-order valence-corrected chi connectivity index (χ3v) is 9.78. The molecule has 1 saturated carbocycles. The van der Waals surface area contributed by atoms with Crippen LogP contribution in [0.3, 0.4) is 0 Å². The predicted octanol–water partition coefficient (Wildman–Crippen LogP) is 8.32. The first kappa shape index (κ1) is 33.2. The second-order valence-corrected chi connectivity index (χ2v) is 12.0. The third kappa shape index (κ3) is 7.03. The fourth-order valence-corrected chi connectivity index (χ4v) is 7.01. The smallest absolute Gasteiger partial charge is 0.184 e. The van der Waals surface area contributed by atoms with Crippen molar-refractivity contribution in [3.8, 4) is 23.0 Å². The maximum Gasteiger partial charge on any atom is 0.184 e. The van der Waals surface area contributed by atoms with E-state index in [2.05, 4.69) is 34.2 Å². The number of methoxy groups -OCH3 is 4. The highest BCUT2D eigenvalue weighted by Gasteiger charge is 2.43. The number of ether oxygens (including phenoxy) is 4. The van der Waals surface area contributed by atoms with Crippen molar-refractivity contribution in [3.05, 3.63) is 97.2 Å². The van der Waals surface area contributed by atoms with E-state index in [0.29, 0.717) is 16.6 Å². The maximum atomic E-state index is 6.50. The fourth-order valence-electron chi connectivity index (χ4n) is 5.66. The van der Waals surface area contributed by atoms with Crippen LogP contribution in [0.5, 0.6) is 23.0 Å². The minimum Gasteiger partial charge on any atom is -0.493 e. The molecule has 1 fully saturated rings. The number of rotatable bonds is 12. The molecule has 1 aliphatic carbocycles. The van der Waals surface area contributed by atoms with Crippen LogP contribution in [0, 0.1) is 0 Å². The van der Waals surface area contributed by atoms with Crippen LogP contribution in [-0.4, -0.2) is 39.6 Å². The van der Waals surface area contributed by atoms with Crippen LogP contribution in [0.1, 0.15) is 41.6 Å². The van der Waals surface area contributed by atoms with Crippen molar-refractivity contribution in [1.82, 2.24) is 4.57 Å². The summed E-state index contributed by atoms with van der Waals surface area (Å²) < 4.78 is 24.3. The molecule has 0 bridgehead atoms. The zero-order valence-electron chi connectivity index (χ0n) is 24.8. The van der Waals surface area contributed by atoms with Crippen molar-refractivity contribution in [1.29, 1.82) is 0 Å². The summed E-state index contributed by atoms with van der Waals surface area (Å²) in [6.07, 6.45) is 4.90. The van der Waals surface area contributed by atoms with Crippen LogP contribution >= 0.6 is 51.5 Å². The third-order valence-electron chi connectivity index (χ3n) is 8.13. The Balaban J connectivity index is 0.00000423. The van der Waals surface area contributed by atoms with Gasteiger partial charge in [-0.3, -0.25) is 4.99 Å². The Hall–Kier alpha value is -2.65. The van der Waals surface area contributed by atoms with Crippen LogP contribution in [-0.2, 0) is 24.8 Å². The first-order chi connectivity index (χ1) is 20.4. The summed E-state index contributed by atoms with van der Waals surface area (Å²) >= 11 is 14.5. The molecule has 0 unspecified atom stereocenters. The van der Waals surface area contributed by atoms with Gasteiger partial charge < -0.3 is 23.5 Å². The average molecular weight is 709 g/mol. The lowest BCUT2D eigenvalue weighted by Crippen LogP contribution is -2.39. The Kier molecular flexibility index (Phi) is 11.5. The summed E-state index contributed by atoms with van der Waals surface area (Å²) in [5.41, 5.74) is 4.70. The molecule has 1 aliphatic rings. The topological polar surface area (TPSA) is 54.2 Å². The highest BCUT2D eigenvalue weighted by atomic mass is 79.9. The number of aromatic nitrogens is 1. The van der Waals surface area contributed by atoms with Crippen LogP contribution in [0.15, 0.2) is 65.0 Å². The molecule has 1 aromatic heterocycles. The summed E-state index contributed by atoms with van der Waals surface area (Å²) in [4.78, 5) is 6.12. The first-order valence-corrected chi connectivity index (χ1v) is 15.6. The van der Waals surface area contributed by atoms with Crippen molar-refractivity contribution in [2.24, 2.45) is 4.99 Å². The van der Waals surface area contributed by atoms with E-state index in [4.69, 9.17) is 47.1 Å². The minimum atomic E-state index is -0.112. The Morgan fingerprint density at radius 1 is 0.767 bits per heavy atom. The van der Waals surface area contributed by atoms with Crippen LogP contribution < -0.4 is 23.7 Å². The average Bonchev–Trinajstić information content (AvgIpc) is 3.39. The standard InChI is InChI=1S/C33H36Cl2N2O4S.BrH/c1-38-27-10-6-22(18-29(27)40-3)12-16-36-32-37(17-13-23-7-11-28(39-2)30(19-23)41-4)31(21-42-32)33(14-5-15-33)24-8-9-25(34)26(35)20-24;/h6-11,18-21H,5,12-17H2,1-4H3;1H. The summed E-state index contributed by atoms with van der Waals surface area (Å²) in [5.74, 6) is 2.91. The quantitative estimate of drug-likeness (QED) is 0.149. The van der Waals surface area contributed by atoms with E-state index in [9.17, 15) is 0 Å². The van der Waals surface area contributed by atoms with E-state index in [1.165, 1.54) is 16.8 Å². The van der Waals surface area contributed by atoms with Crippen molar-refractivity contribution in [3.63, 3.8) is 0 Å². The number of thiazole rings is 1. The van der Waals surface area contributed by atoms with Gasteiger partial charge in [0.15, 0.2) is 27.8 Å². The molecule has 0 saturated heterocycles. The molecule has 10 heteroatoms. The van der Waals surface area contributed by atoms with Gasteiger partial charge in [0.25, 0.3) is 0 Å². The molecule has 0 N–H and O–H groups in total. The van der Waals surface area contributed by atoms with Crippen molar-refractivity contribution >= 4 is 51.5 Å². The first-order valence-electron chi connectivity index (χ1n) is 14.0. The van der Waals surface area contributed by atoms with Crippen molar-refractivity contribution in [2.45, 2.75) is 44.1 Å². The van der Waals surface area contributed by atoms with E-state index < -0.39 is 0 Å². The molecule has 1 heterocycles. The van der Waals surface area contributed by atoms with Gasteiger partial charge in [0.2, 0.25) is 0 Å². The molecule has 5 rings (SSSR count). The highest BCUT2D eigenvalue weighted by molar-refractivity contribution is 8.93. The molecule has 0 aliphatic heterocycles. The molecular formula is C33H37BrCl2N2O4S. The number of hydrogen-bond acceptors (Lipinski definition) is 6. The van der Waals surface area contributed by atoms with Gasteiger partial charge in [-0.05, 0) is 78.8 Å².